The maximum atomic E-state index is 14.6. The van der Waals surface area contributed by atoms with E-state index in [0.29, 0.717) is 12.4 Å². The molecule has 190 valence electrons. The second-order valence-electron chi connectivity index (χ2n) is 8.37. The Hall–Kier alpha value is -3.60. The molecule has 10 heteroatoms. The minimum absolute atomic E-state index is 0.0137. The lowest BCUT2D eigenvalue weighted by molar-refractivity contribution is -0.0661. The molecule has 1 N–H and O–H groups in total. The Morgan fingerprint density at radius 1 is 1.14 bits per heavy atom. The van der Waals surface area contributed by atoms with Gasteiger partial charge < -0.3 is 19.3 Å². The van der Waals surface area contributed by atoms with Gasteiger partial charge in [-0.3, -0.25) is 14.2 Å². The van der Waals surface area contributed by atoms with E-state index in [0.717, 1.165) is 22.7 Å². The number of benzene rings is 2. The number of aliphatic hydroxyl groups excluding tert-OH is 1. The molecular weight excluding hydrogens is 471 g/mol. The average Bonchev–Trinajstić information content (AvgIpc) is 3.32. The number of hydrogen-bond acceptors (Lipinski definition) is 7. The lowest BCUT2D eigenvalue weighted by Crippen LogP contribution is -2.46. The summed E-state index contributed by atoms with van der Waals surface area (Å²) in [6, 6.07) is 15.2. The van der Waals surface area contributed by atoms with Crippen molar-refractivity contribution in [2.75, 3.05) is 13.2 Å². The molecule has 0 radical (unpaired) electrons. The lowest BCUT2D eigenvalue weighted by Gasteiger charge is -2.17. The van der Waals surface area contributed by atoms with Gasteiger partial charge in [-0.25, -0.2) is 4.79 Å². The largest absolute Gasteiger partial charge is 0.494 e. The molecule has 1 aliphatic rings. The van der Waals surface area contributed by atoms with E-state index in [1.807, 2.05) is 37.3 Å². The standard InChI is InChI=1S/C26H27FN2O7/c1-2-12-34-19-10-8-18(9-11-19)24(31)29-25(32)20(27)14-28(26(29)33)23-13-21(22(15-30)36-23)35-16-17-6-4-3-5-7-17/h3-11,14,21-23,30H,2,12-13,15-16H2,1H3/t21-,22+,23+/m0/s1. The molecule has 3 atom stereocenters. The number of carbonyl (C=O) groups excluding carboxylic acids is 1. The number of aliphatic hydroxyl groups is 1. The summed E-state index contributed by atoms with van der Waals surface area (Å²) in [6.45, 7) is 2.30. The van der Waals surface area contributed by atoms with Gasteiger partial charge in [0.15, 0.2) is 0 Å². The summed E-state index contributed by atoms with van der Waals surface area (Å²) in [7, 11) is 0. The Kier molecular flexibility index (Phi) is 8.09. The third kappa shape index (κ3) is 5.46. The van der Waals surface area contributed by atoms with Crippen LogP contribution >= 0.6 is 0 Å². The first-order valence-corrected chi connectivity index (χ1v) is 11.7. The van der Waals surface area contributed by atoms with Crippen LogP contribution in [0.5, 0.6) is 5.75 Å². The van der Waals surface area contributed by atoms with Crippen LogP contribution in [0, 0.1) is 5.82 Å². The number of hydrogen-bond donors (Lipinski definition) is 1. The van der Waals surface area contributed by atoms with Crippen molar-refractivity contribution < 1.29 is 28.5 Å². The highest BCUT2D eigenvalue weighted by Gasteiger charge is 2.38. The number of rotatable bonds is 9. The molecule has 1 aromatic heterocycles. The molecule has 3 aromatic rings. The van der Waals surface area contributed by atoms with Crippen molar-refractivity contribution in [3.63, 3.8) is 0 Å². The molecule has 0 saturated carbocycles. The predicted octanol–water partition coefficient (Wildman–Crippen LogP) is 2.49. The minimum atomic E-state index is -1.36. The highest BCUT2D eigenvalue weighted by Crippen LogP contribution is 2.30. The van der Waals surface area contributed by atoms with Crippen LogP contribution in [0.2, 0.25) is 0 Å². The zero-order valence-corrected chi connectivity index (χ0v) is 19.7. The van der Waals surface area contributed by atoms with E-state index in [2.05, 4.69) is 0 Å². The van der Waals surface area contributed by atoms with Gasteiger partial charge >= 0.3 is 5.69 Å². The Morgan fingerprint density at radius 3 is 2.53 bits per heavy atom. The van der Waals surface area contributed by atoms with Gasteiger partial charge in [0.05, 0.1) is 32.1 Å². The summed E-state index contributed by atoms with van der Waals surface area (Å²) in [6.07, 6.45) is -0.795. The monoisotopic (exact) mass is 498 g/mol. The molecule has 2 heterocycles. The molecule has 1 aliphatic heterocycles. The van der Waals surface area contributed by atoms with Crippen molar-refractivity contribution in [2.45, 2.75) is 44.8 Å². The second-order valence-corrected chi connectivity index (χ2v) is 8.37. The average molecular weight is 499 g/mol. The van der Waals surface area contributed by atoms with Crippen molar-refractivity contribution in [3.05, 3.63) is 98.6 Å². The fourth-order valence-electron chi connectivity index (χ4n) is 3.96. The van der Waals surface area contributed by atoms with Gasteiger partial charge in [-0.15, -0.1) is 0 Å². The zero-order chi connectivity index (χ0) is 25.7. The van der Waals surface area contributed by atoms with Gasteiger partial charge in [0.1, 0.15) is 18.1 Å². The third-order valence-electron chi connectivity index (χ3n) is 5.83. The molecule has 0 unspecified atom stereocenters. The van der Waals surface area contributed by atoms with Crippen LogP contribution in [0.4, 0.5) is 4.39 Å². The molecular formula is C26H27FN2O7. The number of ether oxygens (including phenoxy) is 3. The molecule has 1 fully saturated rings. The predicted molar refractivity (Wildman–Crippen MR) is 128 cm³/mol. The second kappa shape index (κ2) is 11.4. The highest BCUT2D eigenvalue weighted by molar-refractivity contribution is 5.95. The van der Waals surface area contributed by atoms with E-state index in [1.165, 1.54) is 24.3 Å². The quantitative estimate of drug-likeness (QED) is 0.483. The van der Waals surface area contributed by atoms with Crippen molar-refractivity contribution in [3.8, 4) is 5.75 Å². The van der Waals surface area contributed by atoms with E-state index in [1.54, 1.807) is 0 Å². The van der Waals surface area contributed by atoms with Crippen molar-refractivity contribution >= 4 is 5.91 Å². The van der Waals surface area contributed by atoms with Crippen molar-refractivity contribution in [2.24, 2.45) is 0 Å². The summed E-state index contributed by atoms with van der Waals surface area (Å²) >= 11 is 0. The van der Waals surface area contributed by atoms with Crippen LogP contribution in [-0.2, 0) is 16.1 Å². The van der Waals surface area contributed by atoms with E-state index >= 15 is 0 Å². The molecule has 0 aliphatic carbocycles. The first-order valence-electron chi connectivity index (χ1n) is 11.7. The van der Waals surface area contributed by atoms with Gasteiger partial charge in [-0.2, -0.15) is 8.96 Å². The lowest BCUT2D eigenvalue weighted by atomic mass is 10.1. The molecule has 9 nitrogen and oxygen atoms in total. The van der Waals surface area contributed by atoms with Gasteiger partial charge in [-0.05, 0) is 36.2 Å². The highest BCUT2D eigenvalue weighted by atomic mass is 19.1. The Balaban J connectivity index is 1.58. The molecule has 0 spiro atoms. The summed E-state index contributed by atoms with van der Waals surface area (Å²) in [4.78, 5) is 38.6. The first-order chi connectivity index (χ1) is 17.4. The van der Waals surface area contributed by atoms with Crippen LogP contribution in [0.25, 0.3) is 0 Å². The maximum absolute atomic E-state index is 14.6. The smallest absolute Gasteiger partial charge is 0.340 e. The van der Waals surface area contributed by atoms with Crippen molar-refractivity contribution in [1.82, 2.24) is 9.13 Å². The van der Waals surface area contributed by atoms with Crippen LogP contribution in [-0.4, -0.2) is 45.6 Å². The van der Waals surface area contributed by atoms with E-state index in [4.69, 9.17) is 14.2 Å². The van der Waals surface area contributed by atoms with Gasteiger partial charge in [0.2, 0.25) is 5.82 Å². The molecule has 0 bridgehead atoms. The molecule has 0 amide bonds. The first kappa shape index (κ1) is 25.5. The Bertz CT molecular complexity index is 1300. The van der Waals surface area contributed by atoms with Crippen molar-refractivity contribution in [1.29, 1.82) is 0 Å². The minimum Gasteiger partial charge on any atom is -0.494 e. The zero-order valence-electron chi connectivity index (χ0n) is 19.7. The van der Waals surface area contributed by atoms with Crippen LogP contribution < -0.4 is 16.0 Å². The fourth-order valence-corrected chi connectivity index (χ4v) is 3.96. The summed E-state index contributed by atoms with van der Waals surface area (Å²) in [5.41, 5.74) is -1.49. The summed E-state index contributed by atoms with van der Waals surface area (Å²) in [5.74, 6) is -1.74. The SMILES string of the molecule is CCCOc1ccc(C(=O)n2c(=O)c(F)cn([C@H]3C[C@H](OCc4ccccc4)[C@@H](CO)O3)c2=O)cc1. The third-order valence-corrected chi connectivity index (χ3v) is 5.83. The van der Waals surface area contributed by atoms with Gasteiger partial charge in [-0.1, -0.05) is 37.3 Å². The van der Waals surface area contributed by atoms with Gasteiger partial charge in [0.25, 0.3) is 11.5 Å². The maximum Gasteiger partial charge on any atom is 0.340 e. The normalized spacial score (nSPS) is 19.4. The van der Waals surface area contributed by atoms with Crippen LogP contribution in [0.3, 0.4) is 0 Å². The molecule has 4 rings (SSSR count). The number of nitrogens with zero attached hydrogens (tertiary/aromatic N) is 2. The van der Waals surface area contributed by atoms with Crippen LogP contribution in [0.1, 0.15) is 41.9 Å². The van der Waals surface area contributed by atoms with Gasteiger partial charge in [0, 0.05) is 12.0 Å². The summed E-state index contributed by atoms with van der Waals surface area (Å²) < 4.78 is 32.8. The molecule has 2 aromatic carbocycles. The Morgan fingerprint density at radius 2 is 1.86 bits per heavy atom. The Labute approximate surface area is 206 Å². The van der Waals surface area contributed by atoms with E-state index < -0.39 is 48.0 Å². The topological polar surface area (TPSA) is 109 Å². The summed E-state index contributed by atoms with van der Waals surface area (Å²) in [5, 5.41) is 9.75. The number of aromatic nitrogens is 2. The molecule has 1 saturated heterocycles. The van der Waals surface area contributed by atoms with Crippen LogP contribution in [0.15, 0.2) is 70.4 Å². The number of halogens is 1. The fraction of sp³-hybridized carbons (Fsp3) is 0.346. The number of carbonyl (C=O) groups is 1. The molecule has 36 heavy (non-hydrogen) atoms. The van der Waals surface area contributed by atoms with E-state index in [9.17, 15) is 23.9 Å². The van der Waals surface area contributed by atoms with E-state index in [-0.39, 0.29) is 23.2 Å².